The van der Waals surface area contributed by atoms with Gasteiger partial charge in [0.25, 0.3) is 0 Å². The van der Waals surface area contributed by atoms with E-state index >= 15 is 0 Å². The number of piperidine rings is 1. The van der Waals surface area contributed by atoms with E-state index in [4.69, 9.17) is 0 Å². The molecule has 2 fully saturated rings. The van der Waals surface area contributed by atoms with Crippen LogP contribution in [0, 0.1) is 5.41 Å². The summed E-state index contributed by atoms with van der Waals surface area (Å²) in [4.78, 5) is 25.0. The highest BCUT2D eigenvalue weighted by Gasteiger charge is 2.58. The third-order valence-electron chi connectivity index (χ3n) is 5.73. The maximum absolute atomic E-state index is 12.2. The third-order valence-corrected chi connectivity index (χ3v) is 6.46. The van der Waals surface area contributed by atoms with Gasteiger partial charge < -0.3 is 4.90 Å². The van der Waals surface area contributed by atoms with Gasteiger partial charge in [-0.1, -0.05) is 0 Å². The van der Waals surface area contributed by atoms with Crippen LogP contribution >= 0.6 is 11.3 Å². The van der Waals surface area contributed by atoms with Gasteiger partial charge in [0.05, 0.1) is 0 Å². The summed E-state index contributed by atoms with van der Waals surface area (Å²) < 4.78 is 0. The Bertz CT molecular complexity index is 710. The molecule has 0 aromatic carbocycles. The molecule has 0 radical (unpaired) electrons. The molecule has 25 heavy (non-hydrogen) atoms. The maximum atomic E-state index is 12.2. The molecule has 1 spiro atoms. The van der Waals surface area contributed by atoms with Gasteiger partial charge >= 0.3 is 0 Å². The molecule has 1 saturated carbocycles. The Kier molecular flexibility index (Phi) is 4.56. The molecular weight excluding hydrogens is 332 g/mol. The van der Waals surface area contributed by atoms with Crippen LogP contribution in [0.1, 0.15) is 37.3 Å². The Morgan fingerprint density at radius 1 is 1.32 bits per heavy atom. The number of thiophene rings is 1. The molecule has 4 rings (SSSR count). The number of likely N-dealkylation sites (tertiary alicyclic amines) is 1. The molecule has 0 N–H and O–H groups in total. The second-order valence-electron chi connectivity index (χ2n) is 7.38. The van der Waals surface area contributed by atoms with Gasteiger partial charge in [0, 0.05) is 44.0 Å². The van der Waals surface area contributed by atoms with Gasteiger partial charge in [-0.25, -0.2) is 9.97 Å². The topological polar surface area (TPSA) is 49.3 Å². The number of carbonyl (C=O) groups is 1. The molecule has 1 saturated heterocycles. The number of rotatable bonds is 5. The minimum Gasteiger partial charge on any atom is -0.335 e. The van der Waals surface area contributed by atoms with Crippen molar-refractivity contribution in [1.82, 2.24) is 19.8 Å². The molecule has 132 valence electrons. The van der Waals surface area contributed by atoms with Crippen LogP contribution in [0.4, 0.5) is 0 Å². The monoisotopic (exact) mass is 356 g/mol. The molecule has 1 atom stereocenters. The first-order valence-corrected chi connectivity index (χ1v) is 9.85. The van der Waals surface area contributed by atoms with E-state index in [1.54, 1.807) is 24.6 Å². The molecule has 6 heteroatoms. The van der Waals surface area contributed by atoms with Gasteiger partial charge in [0.15, 0.2) is 0 Å². The quantitative estimate of drug-likeness (QED) is 0.826. The molecule has 0 unspecified atom stereocenters. The lowest BCUT2D eigenvalue weighted by Crippen LogP contribution is -2.39. The standard InChI is InChI=1S/C19H24N4OS/c1-15(24)23(12-16-2-7-25-13-16)18-8-19(18)3-5-22(6-4-19)11-17-9-20-14-21-10-17/h2,7,9-10,13-14,18H,3-6,8,11-12H2,1H3/t18-/m0/s1. The van der Waals surface area contributed by atoms with Crippen molar-refractivity contribution in [3.8, 4) is 0 Å². The normalized spacial score (nSPS) is 22.0. The number of carbonyl (C=O) groups excluding carboxylic acids is 1. The summed E-state index contributed by atoms with van der Waals surface area (Å²) in [5.41, 5.74) is 2.78. The molecule has 1 aliphatic heterocycles. The van der Waals surface area contributed by atoms with Crippen molar-refractivity contribution in [2.75, 3.05) is 13.1 Å². The largest absolute Gasteiger partial charge is 0.335 e. The molecule has 2 aromatic rings. The van der Waals surface area contributed by atoms with E-state index in [1.807, 2.05) is 12.4 Å². The highest BCUT2D eigenvalue weighted by Crippen LogP contribution is 2.57. The fourth-order valence-electron chi connectivity index (χ4n) is 4.15. The van der Waals surface area contributed by atoms with Crippen LogP contribution in [0.2, 0.25) is 0 Å². The average Bonchev–Trinajstić information content (AvgIpc) is 3.04. The van der Waals surface area contributed by atoms with E-state index in [1.165, 1.54) is 30.4 Å². The lowest BCUT2D eigenvalue weighted by atomic mass is 9.92. The van der Waals surface area contributed by atoms with Gasteiger partial charge in [-0.15, -0.1) is 0 Å². The SMILES string of the molecule is CC(=O)N(Cc1ccsc1)[C@H]1CC12CCN(Cc1cncnc1)CC2. The first-order valence-electron chi connectivity index (χ1n) is 8.91. The van der Waals surface area contributed by atoms with Crippen molar-refractivity contribution in [3.05, 3.63) is 46.7 Å². The van der Waals surface area contributed by atoms with E-state index in [9.17, 15) is 4.79 Å². The van der Waals surface area contributed by atoms with Crippen LogP contribution in [0.5, 0.6) is 0 Å². The number of amides is 1. The number of nitrogens with zero attached hydrogens (tertiary/aromatic N) is 4. The van der Waals surface area contributed by atoms with Crippen LogP contribution in [-0.4, -0.2) is 44.8 Å². The Balaban J connectivity index is 1.35. The zero-order valence-electron chi connectivity index (χ0n) is 14.6. The van der Waals surface area contributed by atoms with Crippen molar-refractivity contribution < 1.29 is 4.79 Å². The van der Waals surface area contributed by atoms with Gasteiger partial charge in [0.1, 0.15) is 6.33 Å². The number of aromatic nitrogens is 2. The molecule has 5 nitrogen and oxygen atoms in total. The van der Waals surface area contributed by atoms with Crippen molar-refractivity contribution in [2.45, 2.75) is 45.3 Å². The van der Waals surface area contributed by atoms with Crippen molar-refractivity contribution in [2.24, 2.45) is 5.41 Å². The fourth-order valence-corrected chi connectivity index (χ4v) is 4.81. The van der Waals surface area contributed by atoms with E-state index in [0.717, 1.165) is 26.2 Å². The Labute approximate surface area is 152 Å². The molecular formula is C19H24N4OS. The second kappa shape index (κ2) is 6.84. The molecule has 1 aliphatic carbocycles. The molecule has 0 bridgehead atoms. The van der Waals surface area contributed by atoms with E-state index in [2.05, 4.69) is 36.6 Å². The summed E-state index contributed by atoms with van der Waals surface area (Å²) in [6.45, 7) is 5.58. The summed E-state index contributed by atoms with van der Waals surface area (Å²) >= 11 is 1.70. The Morgan fingerprint density at radius 3 is 2.72 bits per heavy atom. The third kappa shape index (κ3) is 3.60. The van der Waals surface area contributed by atoms with Crippen molar-refractivity contribution in [1.29, 1.82) is 0 Å². The summed E-state index contributed by atoms with van der Waals surface area (Å²) in [6, 6.07) is 2.55. The summed E-state index contributed by atoms with van der Waals surface area (Å²) in [6.07, 6.45) is 8.90. The van der Waals surface area contributed by atoms with Crippen LogP contribution < -0.4 is 0 Å². The zero-order valence-corrected chi connectivity index (χ0v) is 15.4. The molecule has 2 aliphatic rings. The molecule has 2 aromatic heterocycles. The van der Waals surface area contributed by atoms with Crippen LogP contribution in [-0.2, 0) is 17.9 Å². The van der Waals surface area contributed by atoms with Gasteiger partial charge in [-0.3, -0.25) is 9.69 Å². The Hall–Kier alpha value is -1.79. The Morgan fingerprint density at radius 2 is 2.08 bits per heavy atom. The van der Waals surface area contributed by atoms with Crippen LogP contribution in [0.3, 0.4) is 0 Å². The van der Waals surface area contributed by atoms with Crippen molar-refractivity contribution in [3.63, 3.8) is 0 Å². The lowest BCUT2D eigenvalue weighted by Gasteiger charge is -2.34. The smallest absolute Gasteiger partial charge is 0.220 e. The zero-order chi connectivity index (χ0) is 17.3. The van der Waals surface area contributed by atoms with Crippen molar-refractivity contribution >= 4 is 17.2 Å². The van der Waals surface area contributed by atoms with E-state index in [-0.39, 0.29) is 5.91 Å². The summed E-state index contributed by atoms with van der Waals surface area (Å²) in [7, 11) is 0. The lowest BCUT2D eigenvalue weighted by molar-refractivity contribution is -0.130. The highest BCUT2D eigenvalue weighted by molar-refractivity contribution is 7.07. The van der Waals surface area contributed by atoms with Gasteiger partial charge in [-0.05, 0) is 60.2 Å². The first kappa shape index (κ1) is 16.7. The molecule has 3 heterocycles. The van der Waals surface area contributed by atoms with E-state index < -0.39 is 0 Å². The van der Waals surface area contributed by atoms with Gasteiger partial charge in [0.2, 0.25) is 5.91 Å². The number of hydrogen-bond donors (Lipinski definition) is 0. The second-order valence-corrected chi connectivity index (χ2v) is 8.16. The molecule has 1 amide bonds. The first-order chi connectivity index (χ1) is 12.2. The summed E-state index contributed by atoms with van der Waals surface area (Å²) in [5.74, 6) is 0.205. The van der Waals surface area contributed by atoms with E-state index in [0.29, 0.717) is 11.5 Å². The minimum atomic E-state index is 0.205. The van der Waals surface area contributed by atoms with Crippen LogP contribution in [0.25, 0.3) is 0 Å². The highest BCUT2D eigenvalue weighted by atomic mass is 32.1. The minimum absolute atomic E-state index is 0.205. The predicted octanol–water partition coefficient (Wildman–Crippen LogP) is 2.94. The average molecular weight is 356 g/mol. The fraction of sp³-hybridized carbons (Fsp3) is 0.526. The predicted molar refractivity (Wildman–Crippen MR) is 97.9 cm³/mol. The van der Waals surface area contributed by atoms with Crippen LogP contribution in [0.15, 0.2) is 35.5 Å². The summed E-state index contributed by atoms with van der Waals surface area (Å²) in [5, 5.41) is 4.23. The van der Waals surface area contributed by atoms with Gasteiger partial charge in [-0.2, -0.15) is 11.3 Å². The maximum Gasteiger partial charge on any atom is 0.220 e. The number of hydrogen-bond acceptors (Lipinski definition) is 5.